The zero-order chi connectivity index (χ0) is 20.1. The van der Waals surface area contributed by atoms with Gasteiger partial charge in [-0.2, -0.15) is 0 Å². The fourth-order valence-corrected chi connectivity index (χ4v) is 2.74. The Hall–Kier alpha value is -3.93. The first-order chi connectivity index (χ1) is 14.2. The fraction of sp³-hybridized carbons (Fsp3) is 0.0870. The molecule has 0 aliphatic heterocycles. The molecule has 0 unspecified atom stereocenters. The van der Waals surface area contributed by atoms with Crippen LogP contribution in [0, 0.1) is 0 Å². The average Bonchev–Trinajstić information content (AvgIpc) is 3.29. The molecule has 0 spiro atoms. The van der Waals surface area contributed by atoms with Gasteiger partial charge >= 0.3 is 0 Å². The van der Waals surface area contributed by atoms with Gasteiger partial charge in [-0.05, 0) is 60.7 Å². The first-order valence-electron chi connectivity index (χ1n) is 9.02. The Morgan fingerprint density at radius 3 is 2.00 bits per heavy atom. The number of ketones is 1. The second-order valence-electron chi connectivity index (χ2n) is 6.24. The summed E-state index contributed by atoms with van der Waals surface area (Å²) < 4.78 is 16.4. The van der Waals surface area contributed by atoms with E-state index >= 15 is 0 Å². The van der Waals surface area contributed by atoms with Gasteiger partial charge in [-0.15, -0.1) is 10.2 Å². The van der Waals surface area contributed by atoms with Gasteiger partial charge in [0.15, 0.2) is 12.4 Å². The smallest absolute Gasteiger partial charge is 0.248 e. The van der Waals surface area contributed by atoms with E-state index in [4.69, 9.17) is 13.9 Å². The third-order valence-electron chi connectivity index (χ3n) is 4.33. The number of Topliss-reactive ketones (excluding diaryl/α,β-unsaturated/α-hetero) is 1. The largest absolute Gasteiger partial charge is 0.497 e. The first kappa shape index (κ1) is 18.4. The molecule has 0 saturated carbocycles. The van der Waals surface area contributed by atoms with E-state index in [2.05, 4.69) is 10.2 Å². The molecule has 0 aliphatic rings. The summed E-state index contributed by atoms with van der Waals surface area (Å²) in [4.78, 5) is 12.2. The van der Waals surface area contributed by atoms with Gasteiger partial charge in [-0.1, -0.05) is 18.2 Å². The first-order valence-corrected chi connectivity index (χ1v) is 9.02. The number of hydrogen-bond acceptors (Lipinski definition) is 6. The molecular formula is C23H18N2O4. The van der Waals surface area contributed by atoms with Crippen molar-refractivity contribution in [3.05, 3.63) is 84.4 Å². The molecule has 0 N–H and O–H groups in total. The van der Waals surface area contributed by atoms with Crippen LogP contribution in [0.1, 0.15) is 10.4 Å². The van der Waals surface area contributed by atoms with Crippen LogP contribution >= 0.6 is 0 Å². The Kier molecular flexibility index (Phi) is 5.33. The van der Waals surface area contributed by atoms with Crippen LogP contribution in [-0.2, 0) is 0 Å². The van der Waals surface area contributed by atoms with Crippen LogP contribution in [0.3, 0.4) is 0 Å². The number of ether oxygens (including phenoxy) is 2. The minimum Gasteiger partial charge on any atom is -0.497 e. The van der Waals surface area contributed by atoms with Crippen LogP contribution < -0.4 is 9.47 Å². The number of methoxy groups -OCH3 is 1. The van der Waals surface area contributed by atoms with Crippen molar-refractivity contribution in [3.8, 4) is 34.4 Å². The highest BCUT2D eigenvalue weighted by Crippen LogP contribution is 2.25. The van der Waals surface area contributed by atoms with Crippen molar-refractivity contribution in [3.63, 3.8) is 0 Å². The van der Waals surface area contributed by atoms with Crippen molar-refractivity contribution in [2.75, 3.05) is 13.7 Å². The lowest BCUT2D eigenvalue weighted by molar-refractivity contribution is 0.0921. The molecule has 6 nitrogen and oxygen atoms in total. The van der Waals surface area contributed by atoms with Crippen LogP contribution in [-0.4, -0.2) is 29.7 Å². The molecule has 0 aliphatic carbocycles. The van der Waals surface area contributed by atoms with Crippen molar-refractivity contribution >= 4 is 5.78 Å². The molecule has 29 heavy (non-hydrogen) atoms. The lowest BCUT2D eigenvalue weighted by Crippen LogP contribution is -2.11. The maximum atomic E-state index is 12.2. The Bertz CT molecular complexity index is 1090. The maximum absolute atomic E-state index is 12.2. The number of nitrogens with zero attached hydrogens (tertiary/aromatic N) is 2. The van der Waals surface area contributed by atoms with Crippen molar-refractivity contribution in [1.82, 2.24) is 10.2 Å². The Morgan fingerprint density at radius 2 is 1.38 bits per heavy atom. The maximum Gasteiger partial charge on any atom is 0.248 e. The van der Waals surface area contributed by atoms with E-state index in [0.717, 1.165) is 11.1 Å². The standard InChI is InChI=1S/C23H18N2O4/c1-27-19-11-7-16(8-12-19)21(26)15-28-20-13-9-18(10-14-20)23-25-24-22(29-23)17-5-3-2-4-6-17/h2-14H,15H2,1H3. The zero-order valence-electron chi connectivity index (χ0n) is 15.7. The van der Waals surface area contributed by atoms with E-state index in [0.29, 0.717) is 28.8 Å². The van der Waals surface area contributed by atoms with Gasteiger partial charge in [0.1, 0.15) is 11.5 Å². The Labute approximate surface area is 167 Å². The molecule has 144 valence electrons. The van der Waals surface area contributed by atoms with Crippen LogP contribution in [0.15, 0.2) is 83.3 Å². The van der Waals surface area contributed by atoms with Gasteiger partial charge in [0.25, 0.3) is 0 Å². The van der Waals surface area contributed by atoms with Gasteiger partial charge in [0, 0.05) is 16.7 Å². The molecule has 0 bridgehead atoms. The molecule has 0 amide bonds. The normalized spacial score (nSPS) is 10.5. The molecule has 3 aromatic carbocycles. The quantitative estimate of drug-likeness (QED) is 0.430. The summed E-state index contributed by atoms with van der Waals surface area (Å²) in [5.41, 5.74) is 2.21. The molecule has 1 aromatic heterocycles. The van der Waals surface area contributed by atoms with E-state index in [1.807, 2.05) is 42.5 Å². The van der Waals surface area contributed by atoms with E-state index < -0.39 is 0 Å². The molecule has 0 fully saturated rings. The molecule has 0 radical (unpaired) electrons. The van der Waals surface area contributed by atoms with Gasteiger partial charge in [0.05, 0.1) is 7.11 Å². The molecule has 0 atom stereocenters. The third-order valence-corrected chi connectivity index (χ3v) is 4.33. The predicted molar refractivity (Wildman–Crippen MR) is 108 cm³/mol. The summed E-state index contributed by atoms with van der Waals surface area (Å²) in [5.74, 6) is 2.06. The van der Waals surface area contributed by atoms with Gasteiger partial charge < -0.3 is 13.9 Å². The lowest BCUT2D eigenvalue weighted by Gasteiger charge is -2.06. The van der Waals surface area contributed by atoms with E-state index in [9.17, 15) is 4.79 Å². The molecular weight excluding hydrogens is 368 g/mol. The Balaban J connectivity index is 1.39. The minimum atomic E-state index is -0.110. The summed E-state index contributed by atoms with van der Waals surface area (Å²) in [7, 11) is 1.58. The van der Waals surface area contributed by atoms with Crippen molar-refractivity contribution in [1.29, 1.82) is 0 Å². The SMILES string of the molecule is COc1ccc(C(=O)COc2ccc(-c3nnc(-c4ccccc4)o3)cc2)cc1. The van der Waals surface area contributed by atoms with E-state index in [1.165, 1.54) is 0 Å². The van der Waals surface area contributed by atoms with E-state index in [-0.39, 0.29) is 12.4 Å². The highest BCUT2D eigenvalue weighted by Gasteiger charge is 2.11. The average molecular weight is 386 g/mol. The van der Waals surface area contributed by atoms with Gasteiger partial charge in [0.2, 0.25) is 11.8 Å². The fourth-order valence-electron chi connectivity index (χ4n) is 2.74. The molecule has 4 rings (SSSR count). The van der Waals surface area contributed by atoms with Crippen LogP contribution in [0.2, 0.25) is 0 Å². The summed E-state index contributed by atoms with van der Waals surface area (Å²) in [6.07, 6.45) is 0. The van der Waals surface area contributed by atoms with Crippen LogP contribution in [0.4, 0.5) is 0 Å². The summed E-state index contributed by atoms with van der Waals surface area (Å²) >= 11 is 0. The number of carbonyl (C=O) groups is 1. The van der Waals surface area contributed by atoms with Crippen LogP contribution in [0.25, 0.3) is 22.9 Å². The summed E-state index contributed by atoms with van der Waals surface area (Å²) in [6.45, 7) is -0.0512. The number of rotatable bonds is 7. The molecule has 1 heterocycles. The van der Waals surface area contributed by atoms with Crippen molar-refractivity contribution < 1.29 is 18.7 Å². The highest BCUT2D eigenvalue weighted by molar-refractivity contribution is 5.97. The third kappa shape index (κ3) is 4.32. The highest BCUT2D eigenvalue weighted by atomic mass is 16.5. The topological polar surface area (TPSA) is 74.5 Å². The lowest BCUT2D eigenvalue weighted by atomic mass is 10.1. The number of benzene rings is 3. The second-order valence-corrected chi connectivity index (χ2v) is 6.24. The monoisotopic (exact) mass is 386 g/mol. The number of carbonyl (C=O) groups excluding carboxylic acids is 1. The van der Waals surface area contributed by atoms with Gasteiger partial charge in [-0.3, -0.25) is 4.79 Å². The van der Waals surface area contributed by atoms with Crippen LogP contribution in [0.5, 0.6) is 11.5 Å². The van der Waals surface area contributed by atoms with E-state index in [1.54, 1.807) is 43.5 Å². The minimum absolute atomic E-state index is 0.0512. The van der Waals surface area contributed by atoms with Crippen molar-refractivity contribution in [2.24, 2.45) is 0 Å². The second kappa shape index (κ2) is 8.39. The molecule has 0 saturated heterocycles. The van der Waals surface area contributed by atoms with Crippen molar-refractivity contribution in [2.45, 2.75) is 0 Å². The van der Waals surface area contributed by atoms with Gasteiger partial charge in [-0.25, -0.2) is 0 Å². The molecule has 6 heteroatoms. The molecule has 4 aromatic rings. The summed E-state index contributed by atoms with van der Waals surface area (Å²) in [6, 6.07) is 23.7. The summed E-state index contributed by atoms with van der Waals surface area (Å²) in [5, 5.41) is 8.19. The zero-order valence-corrected chi connectivity index (χ0v) is 15.7. The predicted octanol–water partition coefficient (Wildman–Crippen LogP) is 4.67. The number of hydrogen-bond donors (Lipinski definition) is 0. The number of aromatic nitrogens is 2. The Morgan fingerprint density at radius 1 is 0.793 bits per heavy atom.